The van der Waals surface area contributed by atoms with Crippen LogP contribution in [0.5, 0.6) is 0 Å². The normalized spacial score (nSPS) is 16.5. The van der Waals surface area contributed by atoms with E-state index in [1.165, 1.54) is 5.56 Å². The van der Waals surface area contributed by atoms with Crippen LogP contribution >= 0.6 is 0 Å². The van der Waals surface area contributed by atoms with Gasteiger partial charge < -0.3 is 0 Å². The maximum absolute atomic E-state index is 9.95. The zero-order chi connectivity index (χ0) is 17.7. The molecule has 0 fully saturated rings. The number of aromatic nitrogens is 3. The van der Waals surface area contributed by atoms with Crippen molar-refractivity contribution in [3.63, 3.8) is 0 Å². The van der Waals surface area contributed by atoms with Crippen LogP contribution in [0, 0.1) is 11.3 Å². The molecular weight excluding hydrogens is 296 g/mol. The highest BCUT2D eigenvalue weighted by Gasteiger charge is 2.35. The molecule has 2 aromatic heterocycles. The van der Waals surface area contributed by atoms with Crippen molar-refractivity contribution in [2.45, 2.75) is 64.7 Å². The zero-order valence-corrected chi connectivity index (χ0v) is 15.6. The lowest BCUT2D eigenvalue weighted by atomic mass is 9.72. The van der Waals surface area contributed by atoms with Crippen LogP contribution in [-0.2, 0) is 24.3 Å². The molecular formula is C20H26N4. The summed E-state index contributed by atoms with van der Waals surface area (Å²) in [5, 5.41) is 14.3. The van der Waals surface area contributed by atoms with E-state index in [2.05, 4.69) is 45.8 Å². The lowest BCUT2D eigenvalue weighted by Gasteiger charge is -2.35. The molecule has 0 aliphatic heterocycles. The first-order valence-corrected chi connectivity index (χ1v) is 8.62. The molecule has 0 spiro atoms. The lowest BCUT2D eigenvalue weighted by Crippen LogP contribution is -2.29. The maximum atomic E-state index is 9.95. The van der Waals surface area contributed by atoms with E-state index in [1.54, 1.807) is 4.68 Å². The number of pyridine rings is 1. The number of nitrogens with zero attached hydrogens (tertiary/aromatic N) is 4. The van der Waals surface area contributed by atoms with Crippen LogP contribution in [0.3, 0.4) is 0 Å². The molecule has 1 aliphatic carbocycles. The van der Waals surface area contributed by atoms with Gasteiger partial charge in [0.25, 0.3) is 0 Å². The third kappa shape index (κ3) is 2.62. The van der Waals surface area contributed by atoms with Crippen molar-refractivity contribution in [3.8, 4) is 17.2 Å². The second-order valence-electron chi connectivity index (χ2n) is 8.54. The summed E-state index contributed by atoms with van der Waals surface area (Å²) in [6.45, 7) is 10.9. The largest absolute Gasteiger partial charge is 0.275 e. The second kappa shape index (κ2) is 5.44. The SMILES string of the molecule is Cn1cc(-c2c(C#N)c(C(C)(C)C)nc3c2CCCC3(C)C)cn1. The molecule has 0 amide bonds. The smallest absolute Gasteiger partial charge is 0.102 e. The van der Waals surface area contributed by atoms with Crippen LogP contribution in [0.15, 0.2) is 12.4 Å². The average Bonchev–Trinajstić information content (AvgIpc) is 2.90. The summed E-state index contributed by atoms with van der Waals surface area (Å²) < 4.78 is 1.80. The van der Waals surface area contributed by atoms with Gasteiger partial charge in [-0.15, -0.1) is 0 Å². The number of aryl methyl sites for hydroxylation is 1. The quantitative estimate of drug-likeness (QED) is 0.788. The first kappa shape index (κ1) is 16.7. The number of nitriles is 1. The molecule has 0 aromatic carbocycles. The Morgan fingerprint density at radius 1 is 1.29 bits per heavy atom. The zero-order valence-electron chi connectivity index (χ0n) is 15.6. The van der Waals surface area contributed by atoms with Crippen LogP contribution in [0.2, 0.25) is 0 Å². The third-order valence-corrected chi connectivity index (χ3v) is 4.98. The molecule has 2 heterocycles. The van der Waals surface area contributed by atoms with E-state index in [0.29, 0.717) is 5.56 Å². The monoisotopic (exact) mass is 322 g/mol. The highest BCUT2D eigenvalue weighted by Crippen LogP contribution is 2.43. The van der Waals surface area contributed by atoms with Gasteiger partial charge in [-0.25, -0.2) is 0 Å². The molecule has 0 bridgehead atoms. The van der Waals surface area contributed by atoms with E-state index >= 15 is 0 Å². The van der Waals surface area contributed by atoms with Crippen molar-refractivity contribution in [3.05, 3.63) is 34.9 Å². The predicted molar refractivity (Wildman–Crippen MR) is 95.8 cm³/mol. The van der Waals surface area contributed by atoms with Crippen molar-refractivity contribution in [1.29, 1.82) is 5.26 Å². The highest BCUT2D eigenvalue weighted by atomic mass is 15.2. The van der Waals surface area contributed by atoms with E-state index in [9.17, 15) is 5.26 Å². The van der Waals surface area contributed by atoms with Crippen molar-refractivity contribution in [2.75, 3.05) is 0 Å². The van der Waals surface area contributed by atoms with E-state index in [4.69, 9.17) is 4.98 Å². The van der Waals surface area contributed by atoms with Gasteiger partial charge in [-0.05, 0) is 24.8 Å². The predicted octanol–water partition coefficient (Wildman–Crippen LogP) is 4.27. The first-order valence-electron chi connectivity index (χ1n) is 8.62. The number of hydrogen-bond donors (Lipinski definition) is 0. The van der Waals surface area contributed by atoms with Gasteiger partial charge in [0.15, 0.2) is 0 Å². The fourth-order valence-electron chi connectivity index (χ4n) is 3.77. The van der Waals surface area contributed by atoms with E-state index in [1.807, 2.05) is 19.4 Å². The van der Waals surface area contributed by atoms with Crippen molar-refractivity contribution >= 4 is 0 Å². The molecule has 0 saturated heterocycles. The molecule has 0 atom stereocenters. The average molecular weight is 322 g/mol. The summed E-state index contributed by atoms with van der Waals surface area (Å²) in [6.07, 6.45) is 7.12. The van der Waals surface area contributed by atoms with Crippen LogP contribution in [-0.4, -0.2) is 14.8 Å². The molecule has 4 nitrogen and oxygen atoms in total. The van der Waals surface area contributed by atoms with Crippen LogP contribution in [0.25, 0.3) is 11.1 Å². The molecule has 0 radical (unpaired) electrons. The summed E-state index contributed by atoms with van der Waals surface area (Å²) in [6, 6.07) is 2.46. The minimum absolute atomic E-state index is 0.0402. The summed E-state index contributed by atoms with van der Waals surface area (Å²) >= 11 is 0. The van der Waals surface area contributed by atoms with Crippen molar-refractivity contribution in [1.82, 2.24) is 14.8 Å². The van der Waals surface area contributed by atoms with Crippen LogP contribution in [0.1, 0.15) is 70.0 Å². The Morgan fingerprint density at radius 2 is 2.00 bits per heavy atom. The fraction of sp³-hybridized carbons (Fsp3) is 0.550. The van der Waals surface area contributed by atoms with Crippen LogP contribution < -0.4 is 0 Å². The molecule has 1 aliphatic rings. The first-order chi connectivity index (χ1) is 11.1. The fourth-order valence-corrected chi connectivity index (χ4v) is 3.77. The van der Waals surface area contributed by atoms with Gasteiger partial charge in [-0.1, -0.05) is 34.6 Å². The molecule has 0 saturated carbocycles. The van der Waals surface area contributed by atoms with Gasteiger partial charge in [0.1, 0.15) is 6.07 Å². The van der Waals surface area contributed by atoms with Gasteiger partial charge in [0, 0.05) is 35.2 Å². The molecule has 0 unspecified atom stereocenters. The van der Waals surface area contributed by atoms with Gasteiger partial charge in [-0.3, -0.25) is 9.67 Å². The van der Waals surface area contributed by atoms with Crippen LogP contribution in [0.4, 0.5) is 0 Å². The minimum Gasteiger partial charge on any atom is -0.275 e. The summed E-state index contributed by atoms with van der Waals surface area (Å²) in [4.78, 5) is 5.05. The summed E-state index contributed by atoms with van der Waals surface area (Å²) in [5.41, 5.74) is 5.96. The lowest BCUT2D eigenvalue weighted by molar-refractivity contribution is 0.412. The Morgan fingerprint density at radius 3 is 2.54 bits per heavy atom. The molecule has 24 heavy (non-hydrogen) atoms. The van der Waals surface area contributed by atoms with E-state index in [0.717, 1.165) is 41.8 Å². The Hall–Kier alpha value is -2.15. The molecule has 4 heteroatoms. The summed E-state index contributed by atoms with van der Waals surface area (Å²) in [7, 11) is 1.91. The number of fused-ring (bicyclic) bond motifs is 1. The van der Waals surface area contributed by atoms with Gasteiger partial charge >= 0.3 is 0 Å². The Kier molecular flexibility index (Phi) is 3.79. The number of hydrogen-bond acceptors (Lipinski definition) is 3. The summed E-state index contributed by atoms with van der Waals surface area (Å²) in [5.74, 6) is 0. The standard InChI is InChI=1S/C20H26N4/c1-19(2,3)17-15(10-21)16(13-11-22-24(6)12-13)14-8-7-9-20(4,5)18(14)23-17/h11-12H,7-9H2,1-6H3. The van der Waals surface area contributed by atoms with Gasteiger partial charge in [0.2, 0.25) is 0 Å². The van der Waals surface area contributed by atoms with E-state index in [-0.39, 0.29) is 10.8 Å². The molecule has 126 valence electrons. The Bertz CT molecular complexity index is 829. The second-order valence-corrected chi connectivity index (χ2v) is 8.54. The van der Waals surface area contributed by atoms with Gasteiger partial charge in [0.05, 0.1) is 23.1 Å². The number of rotatable bonds is 1. The maximum Gasteiger partial charge on any atom is 0.102 e. The van der Waals surface area contributed by atoms with E-state index < -0.39 is 0 Å². The third-order valence-electron chi connectivity index (χ3n) is 4.98. The topological polar surface area (TPSA) is 54.5 Å². The van der Waals surface area contributed by atoms with Gasteiger partial charge in [-0.2, -0.15) is 10.4 Å². The Labute approximate surface area is 144 Å². The minimum atomic E-state index is -0.176. The molecule has 2 aromatic rings. The van der Waals surface area contributed by atoms with Crippen molar-refractivity contribution in [2.24, 2.45) is 7.05 Å². The Balaban J connectivity index is 2.44. The van der Waals surface area contributed by atoms with Crippen molar-refractivity contribution < 1.29 is 0 Å². The molecule has 0 N–H and O–H groups in total. The molecule has 3 rings (SSSR count). The highest BCUT2D eigenvalue weighted by molar-refractivity contribution is 5.76.